The molecule has 164 valence electrons. The summed E-state index contributed by atoms with van der Waals surface area (Å²) in [6.45, 7) is 9.76. The molecule has 4 rings (SSSR count). The Bertz CT molecular complexity index is 1050. The molecule has 0 unspecified atom stereocenters. The number of allylic oxidation sites excluding steroid dienone is 1. The Morgan fingerprint density at radius 1 is 1.03 bits per heavy atom. The lowest BCUT2D eigenvalue weighted by Gasteiger charge is -2.22. The summed E-state index contributed by atoms with van der Waals surface area (Å²) in [4.78, 5) is 11.5. The van der Waals surface area contributed by atoms with Crippen LogP contribution in [0.15, 0.2) is 58.5 Å². The zero-order valence-corrected chi connectivity index (χ0v) is 18.4. The molecule has 0 spiro atoms. The molecule has 2 aliphatic rings. The van der Waals surface area contributed by atoms with Gasteiger partial charge in [0, 0.05) is 18.7 Å². The van der Waals surface area contributed by atoms with Gasteiger partial charge in [-0.05, 0) is 86.8 Å². The largest absolute Gasteiger partial charge is 0.341 e. The van der Waals surface area contributed by atoms with Gasteiger partial charge in [-0.1, -0.05) is 24.3 Å². The van der Waals surface area contributed by atoms with E-state index in [-0.39, 0.29) is 5.82 Å². The molecule has 0 aromatic heterocycles. The van der Waals surface area contributed by atoms with E-state index in [0.717, 1.165) is 61.4 Å². The third-order valence-corrected chi connectivity index (χ3v) is 6.58. The van der Waals surface area contributed by atoms with Gasteiger partial charge < -0.3 is 10.2 Å². The molecule has 2 aliphatic heterocycles. The van der Waals surface area contributed by atoms with Crippen molar-refractivity contribution in [3.63, 3.8) is 0 Å². The zero-order chi connectivity index (χ0) is 22.5. The van der Waals surface area contributed by atoms with E-state index in [0.29, 0.717) is 23.4 Å². The summed E-state index contributed by atoms with van der Waals surface area (Å²) in [6.07, 6.45) is 2.22. The normalized spacial score (nSPS) is 21.9. The molecular formula is C26H28FN5. The van der Waals surface area contributed by atoms with Gasteiger partial charge in [0.15, 0.2) is 0 Å². The number of fused-ring (bicyclic) bond motifs is 1. The number of nitrogens with zero attached hydrogens (tertiary/aromatic N) is 4. The summed E-state index contributed by atoms with van der Waals surface area (Å²) in [5.41, 5.74) is 4.00. The van der Waals surface area contributed by atoms with Gasteiger partial charge in [0.05, 0.1) is 17.3 Å². The molecule has 2 saturated heterocycles. The SMILES string of the molecule is C=NC(=N/C(=C(\C)c1ccc(F)cc1)c1ccc(C#N)cc1)N1CC[C@@H]2CNC[C@@H]2CC1. The van der Waals surface area contributed by atoms with Gasteiger partial charge >= 0.3 is 0 Å². The van der Waals surface area contributed by atoms with Crippen molar-refractivity contribution in [2.75, 3.05) is 26.2 Å². The highest BCUT2D eigenvalue weighted by molar-refractivity contribution is 5.96. The van der Waals surface area contributed by atoms with Crippen LogP contribution in [0.2, 0.25) is 0 Å². The Morgan fingerprint density at radius 3 is 2.19 bits per heavy atom. The third-order valence-electron chi connectivity index (χ3n) is 6.58. The molecule has 2 aromatic rings. The second kappa shape index (κ2) is 9.88. The second-order valence-electron chi connectivity index (χ2n) is 8.48. The minimum absolute atomic E-state index is 0.275. The number of likely N-dealkylation sites (tertiary alicyclic amines) is 1. The Hall–Kier alpha value is -3.30. The third kappa shape index (κ3) is 4.79. The molecule has 2 fully saturated rings. The number of aliphatic imine (C=N–C) groups is 2. The van der Waals surface area contributed by atoms with E-state index in [2.05, 4.69) is 28.0 Å². The van der Waals surface area contributed by atoms with E-state index in [4.69, 9.17) is 10.3 Å². The maximum Gasteiger partial charge on any atom is 0.225 e. The highest BCUT2D eigenvalue weighted by Gasteiger charge is 2.31. The summed E-state index contributed by atoms with van der Waals surface area (Å²) in [6, 6.07) is 15.9. The molecule has 2 heterocycles. The molecule has 0 radical (unpaired) electrons. The molecule has 2 atom stereocenters. The number of halogens is 1. The van der Waals surface area contributed by atoms with Crippen LogP contribution in [0.5, 0.6) is 0 Å². The van der Waals surface area contributed by atoms with E-state index in [9.17, 15) is 4.39 Å². The van der Waals surface area contributed by atoms with Gasteiger partial charge in [-0.2, -0.15) is 5.26 Å². The smallest absolute Gasteiger partial charge is 0.225 e. The van der Waals surface area contributed by atoms with E-state index >= 15 is 0 Å². The molecule has 2 aromatic carbocycles. The molecule has 32 heavy (non-hydrogen) atoms. The monoisotopic (exact) mass is 429 g/mol. The van der Waals surface area contributed by atoms with Gasteiger partial charge in [0.25, 0.3) is 0 Å². The van der Waals surface area contributed by atoms with Crippen LogP contribution in [0.25, 0.3) is 11.3 Å². The van der Waals surface area contributed by atoms with Crippen molar-refractivity contribution in [1.29, 1.82) is 5.26 Å². The summed E-state index contributed by atoms with van der Waals surface area (Å²) in [5.74, 6) is 1.75. The Kier molecular flexibility index (Phi) is 6.77. The first-order chi connectivity index (χ1) is 15.6. The van der Waals surface area contributed by atoms with Crippen molar-refractivity contribution < 1.29 is 4.39 Å². The predicted molar refractivity (Wildman–Crippen MR) is 128 cm³/mol. The van der Waals surface area contributed by atoms with Gasteiger partial charge in [-0.15, -0.1) is 0 Å². The summed E-state index contributed by atoms with van der Waals surface area (Å²) in [5, 5.41) is 12.7. The average Bonchev–Trinajstić information content (AvgIpc) is 3.19. The fourth-order valence-corrected chi connectivity index (χ4v) is 4.63. The fourth-order valence-electron chi connectivity index (χ4n) is 4.63. The van der Waals surface area contributed by atoms with Crippen molar-refractivity contribution in [2.24, 2.45) is 21.8 Å². The lowest BCUT2D eigenvalue weighted by Crippen LogP contribution is -2.31. The topological polar surface area (TPSA) is 63.8 Å². The number of nitrogens with one attached hydrogen (secondary N) is 1. The second-order valence-corrected chi connectivity index (χ2v) is 8.48. The highest BCUT2D eigenvalue weighted by Crippen LogP contribution is 2.30. The summed E-state index contributed by atoms with van der Waals surface area (Å²) >= 11 is 0. The zero-order valence-electron chi connectivity index (χ0n) is 18.4. The standard InChI is InChI=1S/C26H28FN5/c1-18(20-7-9-24(27)10-8-20)25(21-5-3-19(15-28)4-6-21)31-26(29-2)32-13-11-22-16-30-17-23(22)12-14-32/h3-10,22-23,30H,2,11-14,16-17H2,1H3/b25-18+,31-26?/t22-,23+. The summed E-state index contributed by atoms with van der Waals surface area (Å²) in [7, 11) is 0. The fraction of sp³-hybridized carbons (Fsp3) is 0.346. The Labute approximate surface area is 189 Å². The quantitative estimate of drug-likeness (QED) is 0.442. The van der Waals surface area contributed by atoms with Crippen LogP contribution in [-0.4, -0.2) is 43.8 Å². The summed E-state index contributed by atoms with van der Waals surface area (Å²) < 4.78 is 13.5. The van der Waals surface area contributed by atoms with E-state index in [1.54, 1.807) is 24.3 Å². The lowest BCUT2D eigenvalue weighted by atomic mass is 9.92. The molecule has 0 bridgehead atoms. The van der Waals surface area contributed by atoms with Crippen LogP contribution in [0.4, 0.5) is 4.39 Å². The number of guanidine groups is 1. The van der Waals surface area contributed by atoms with E-state index in [1.807, 2.05) is 19.1 Å². The molecule has 5 nitrogen and oxygen atoms in total. The van der Waals surface area contributed by atoms with E-state index < -0.39 is 0 Å². The Balaban J connectivity index is 1.73. The van der Waals surface area contributed by atoms with Gasteiger partial charge in [-0.25, -0.2) is 14.4 Å². The minimum Gasteiger partial charge on any atom is -0.341 e. The van der Waals surface area contributed by atoms with Crippen LogP contribution in [-0.2, 0) is 0 Å². The lowest BCUT2D eigenvalue weighted by molar-refractivity contribution is 0.409. The number of hydrogen-bond donors (Lipinski definition) is 1. The number of rotatable bonds is 3. The predicted octanol–water partition coefficient (Wildman–Crippen LogP) is 4.57. The van der Waals surface area contributed by atoms with Crippen LogP contribution < -0.4 is 5.32 Å². The maximum absolute atomic E-state index is 13.5. The van der Waals surface area contributed by atoms with Crippen LogP contribution in [0.3, 0.4) is 0 Å². The first-order valence-electron chi connectivity index (χ1n) is 11.1. The molecule has 0 saturated carbocycles. The van der Waals surface area contributed by atoms with Gasteiger partial charge in [0.1, 0.15) is 5.82 Å². The van der Waals surface area contributed by atoms with Crippen molar-refractivity contribution in [2.45, 2.75) is 19.8 Å². The molecule has 0 amide bonds. The first kappa shape index (κ1) is 21.9. The van der Waals surface area contributed by atoms with Crippen LogP contribution >= 0.6 is 0 Å². The molecule has 1 N–H and O–H groups in total. The molecular weight excluding hydrogens is 401 g/mol. The van der Waals surface area contributed by atoms with Gasteiger partial charge in [0.2, 0.25) is 5.96 Å². The minimum atomic E-state index is -0.275. The van der Waals surface area contributed by atoms with Crippen molar-refractivity contribution in [1.82, 2.24) is 10.2 Å². The van der Waals surface area contributed by atoms with Gasteiger partial charge in [-0.3, -0.25) is 0 Å². The molecule has 0 aliphatic carbocycles. The van der Waals surface area contributed by atoms with Crippen LogP contribution in [0, 0.1) is 29.0 Å². The van der Waals surface area contributed by atoms with Crippen molar-refractivity contribution in [3.05, 3.63) is 71.0 Å². The van der Waals surface area contributed by atoms with Crippen molar-refractivity contribution >= 4 is 23.9 Å². The Morgan fingerprint density at radius 2 is 1.62 bits per heavy atom. The molecule has 6 heteroatoms. The highest BCUT2D eigenvalue weighted by atomic mass is 19.1. The van der Waals surface area contributed by atoms with Crippen LogP contribution in [0.1, 0.15) is 36.5 Å². The maximum atomic E-state index is 13.5. The number of nitriles is 1. The van der Waals surface area contributed by atoms with Crippen molar-refractivity contribution in [3.8, 4) is 6.07 Å². The number of hydrogen-bond acceptors (Lipinski definition) is 3. The average molecular weight is 430 g/mol. The van der Waals surface area contributed by atoms with E-state index in [1.165, 1.54) is 12.1 Å². The number of benzene rings is 2. The first-order valence-corrected chi connectivity index (χ1v) is 11.1.